The van der Waals surface area contributed by atoms with E-state index in [0.29, 0.717) is 24.8 Å². The number of hydrogen-bond donors (Lipinski definition) is 1. The molecule has 2 aromatic heterocycles. The van der Waals surface area contributed by atoms with Crippen molar-refractivity contribution < 1.29 is 14.4 Å². The van der Waals surface area contributed by atoms with E-state index in [1.54, 1.807) is 0 Å². The highest BCUT2D eigenvalue weighted by Crippen LogP contribution is 2.33. The fraction of sp³-hybridized carbons (Fsp3) is 0.192. The summed E-state index contributed by atoms with van der Waals surface area (Å²) in [4.78, 5) is 18.0. The van der Waals surface area contributed by atoms with Gasteiger partial charge in [0, 0.05) is 43.1 Å². The third-order valence-corrected chi connectivity index (χ3v) is 6.55. The van der Waals surface area contributed by atoms with Gasteiger partial charge in [-0.25, -0.2) is 0 Å². The highest BCUT2D eigenvalue weighted by atomic mass is 16.5. The molecule has 0 spiro atoms. The van der Waals surface area contributed by atoms with E-state index < -0.39 is 5.97 Å². The van der Waals surface area contributed by atoms with Crippen molar-refractivity contribution in [2.45, 2.75) is 6.54 Å². The number of benzene rings is 3. The van der Waals surface area contributed by atoms with Crippen molar-refractivity contribution in [2.75, 3.05) is 13.1 Å². The molecule has 6 rings (SSSR count). The van der Waals surface area contributed by atoms with Crippen molar-refractivity contribution in [1.82, 2.24) is 19.6 Å². The van der Waals surface area contributed by atoms with Crippen LogP contribution in [0.25, 0.3) is 44.6 Å². The predicted octanol–water partition coefficient (Wildman–Crippen LogP) is 4.56. The van der Waals surface area contributed by atoms with Gasteiger partial charge in [-0.3, -0.25) is 9.69 Å². The second-order valence-electron chi connectivity index (χ2n) is 8.62. The zero-order valence-corrected chi connectivity index (χ0v) is 18.1. The average Bonchev–Trinajstić information content (AvgIpc) is 3.40. The Hall–Kier alpha value is -3.97. The van der Waals surface area contributed by atoms with Crippen LogP contribution in [0.3, 0.4) is 0 Å². The minimum atomic E-state index is -0.717. The SMILES string of the molecule is Cn1c(-c2nc(-c3ccc(CN4CC(C(=O)O)C4)c4ccccc34)no2)cc2ccccc21. The summed E-state index contributed by atoms with van der Waals surface area (Å²) in [6.07, 6.45) is 0. The lowest BCUT2D eigenvalue weighted by Crippen LogP contribution is -2.49. The van der Waals surface area contributed by atoms with Gasteiger partial charge >= 0.3 is 5.97 Å². The molecule has 1 saturated heterocycles. The van der Waals surface area contributed by atoms with E-state index >= 15 is 0 Å². The van der Waals surface area contributed by atoms with Crippen molar-refractivity contribution >= 4 is 27.6 Å². The number of nitrogens with zero attached hydrogens (tertiary/aromatic N) is 4. The second-order valence-corrected chi connectivity index (χ2v) is 8.62. The van der Waals surface area contributed by atoms with Gasteiger partial charge < -0.3 is 14.2 Å². The van der Waals surface area contributed by atoms with Gasteiger partial charge in [-0.05, 0) is 28.5 Å². The predicted molar refractivity (Wildman–Crippen MR) is 126 cm³/mol. The van der Waals surface area contributed by atoms with Gasteiger partial charge in [-0.1, -0.05) is 59.8 Å². The Kier molecular flexibility index (Phi) is 4.52. The lowest BCUT2D eigenvalue weighted by Gasteiger charge is -2.36. The standard InChI is InChI=1S/C26H22N4O3/c1-29-22-9-5-2-6-16(22)12-23(29)25-27-24(28-33-25)21-11-10-17(19-7-3-4-8-20(19)21)13-30-14-18(15-30)26(31)32/h2-12,18H,13-15H2,1H3,(H,31,32). The molecular formula is C26H22N4O3. The number of carbonyl (C=O) groups is 1. The zero-order chi connectivity index (χ0) is 22.5. The minimum absolute atomic E-state index is 0.262. The van der Waals surface area contributed by atoms with E-state index in [1.807, 2.05) is 37.4 Å². The van der Waals surface area contributed by atoms with Gasteiger partial charge in [0.15, 0.2) is 0 Å². The molecule has 0 amide bonds. The molecular weight excluding hydrogens is 416 g/mol. The molecule has 164 valence electrons. The lowest BCUT2D eigenvalue weighted by molar-refractivity contribution is -0.147. The topological polar surface area (TPSA) is 84.4 Å². The first-order valence-electron chi connectivity index (χ1n) is 10.9. The third-order valence-electron chi connectivity index (χ3n) is 6.55. The van der Waals surface area contributed by atoms with Crippen LogP contribution in [-0.4, -0.2) is 43.8 Å². The molecule has 0 atom stereocenters. The molecule has 7 nitrogen and oxygen atoms in total. The summed E-state index contributed by atoms with van der Waals surface area (Å²) in [7, 11) is 2.00. The minimum Gasteiger partial charge on any atom is -0.481 e. The molecule has 3 heterocycles. The monoisotopic (exact) mass is 438 g/mol. The smallest absolute Gasteiger partial charge is 0.309 e. The van der Waals surface area contributed by atoms with Crippen LogP contribution in [0.4, 0.5) is 0 Å². The fourth-order valence-corrected chi connectivity index (χ4v) is 4.72. The Morgan fingerprint density at radius 1 is 1.06 bits per heavy atom. The number of rotatable bonds is 5. The molecule has 0 radical (unpaired) electrons. The molecule has 5 aromatic rings. The first kappa shape index (κ1) is 19.7. The first-order valence-corrected chi connectivity index (χ1v) is 10.9. The van der Waals surface area contributed by atoms with Crippen molar-refractivity contribution in [3.05, 3.63) is 72.3 Å². The second kappa shape index (κ2) is 7.56. The highest BCUT2D eigenvalue weighted by molar-refractivity contribution is 5.97. The maximum atomic E-state index is 11.1. The number of carboxylic acids is 1. The summed E-state index contributed by atoms with van der Waals surface area (Å²) in [5.41, 5.74) is 4.06. The van der Waals surface area contributed by atoms with Crippen LogP contribution < -0.4 is 0 Å². The Labute approximate surface area is 189 Å². The van der Waals surface area contributed by atoms with E-state index in [1.165, 1.54) is 0 Å². The Bertz CT molecular complexity index is 1510. The molecule has 1 N–H and O–H groups in total. The number of aryl methyl sites for hydroxylation is 1. The summed E-state index contributed by atoms with van der Waals surface area (Å²) in [6.45, 7) is 1.90. The Morgan fingerprint density at radius 2 is 1.82 bits per heavy atom. The maximum absolute atomic E-state index is 11.1. The van der Waals surface area contributed by atoms with Crippen LogP contribution in [0.1, 0.15) is 5.56 Å². The van der Waals surface area contributed by atoms with Crippen LogP contribution in [-0.2, 0) is 18.4 Å². The zero-order valence-electron chi connectivity index (χ0n) is 18.1. The van der Waals surface area contributed by atoms with Gasteiger partial charge in [0.2, 0.25) is 5.82 Å². The Morgan fingerprint density at radius 3 is 2.61 bits per heavy atom. The first-order chi connectivity index (χ1) is 16.1. The van der Waals surface area contributed by atoms with Crippen LogP contribution in [0.5, 0.6) is 0 Å². The molecule has 0 saturated carbocycles. The third kappa shape index (κ3) is 3.29. The number of fused-ring (bicyclic) bond motifs is 2. The molecule has 1 aliphatic heterocycles. The van der Waals surface area contributed by atoms with Gasteiger partial charge in [0.25, 0.3) is 5.89 Å². The van der Waals surface area contributed by atoms with Gasteiger partial charge in [-0.2, -0.15) is 4.98 Å². The van der Waals surface area contributed by atoms with E-state index in [0.717, 1.165) is 45.0 Å². The van der Waals surface area contributed by atoms with E-state index in [9.17, 15) is 4.79 Å². The summed E-state index contributed by atoms with van der Waals surface area (Å²) < 4.78 is 7.73. The number of likely N-dealkylation sites (tertiary alicyclic amines) is 1. The summed E-state index contributed by atoms with van der Waals surface area (Å²) in [6, 6.07) is 22.5. The van der Waals surface area contributed by atoms with Crippen LogP contribution in [0.15, 0.2) is 71.3 Å². The van der Waals surface area contributed by atoms with Gasteiger partial charge in [0.05, 0.1) is 5.92 Å². The van der Waals surface area contributed by atoms with Crippen molar-refractivity contribution in [3.8, 4) is 23.0 Å². The van der Waals surface area contributed by atoms with E-state index in [4.69, 9.17) is 14.6 Å². The quantitative estimate of drug-likeness (QED) is 0.433. The normalized spacial score (nSPS) is 14.7. The van der Waals surface area contributed by atoms with E-state index in [2.05, 4.69) is 51.0 Å². The van der Waals surface area contributed by atoms with Crippen LogP contribution in [0, 0.1) is 5.92 Å². The summed E-state index contributed by atoms with van der Waals surface area (Å²) >= 11 is 0. The Balaban J connectivity index is 1.35. The number of carboxylic acid groups (broad SMARTS) is 1. The maximum Gasteiger partial charge on any atom is 0.309 e. The number of hydrogen-bond acceptors (Lipinski definition) is 5. The fourth-order valence-electron chi connectivity index (χ4n) is 4.72. The van der Waals surface area contributed by atoms with Crippen molar-refractivity contribution in [1.29, 1.82) is 0 Å². The molecule has 0 unspecified atom stereocenters. The summed E-state index contributed by atoms with van der Waals surface area (Å²) in [5.74, 6) is 0.0537. The van der Waals surface area contributed by atoms with Gasteiger partial charge in [-0.15, -0.1) is 0 Å². The lowest BCUT2D eigenvalue weighted by atomic mass is 9.95. The highest BCUT2D eigenvalue weighted by Gasteiger charge is 2.32. The molecule has 1 aliphatic rings. The number of para-hydroxylation sites is 1. The molecule has 1 fully saturated rings. The number of aromatic nitrogens is 3. The molecule has 0 aliphatic carbocycles. The summed E-state index contributed by atoms with van der Waals surface area (Å²) in [5, 5.41) is 16.7. The van der Waals surface area contributed by atoms with Crippen LogP contribution >= 0.6 is 0 Å². The number of aliphatic carboxylic acids is 1. The van der Waals surface area contributed by atoms with Crippen LogP contribution in [0.2, 0.25) is 0 Å². The average molecular weight is 438 g/mol. The largest absolute Gasteiger partial charge is 0.481 e. The molecule has 3 aromatic carbocycles. The van der Waals surface area contributed by atoms with Gasteiger partial charge in [0.1, 0.15) is 5.69 Å². The molecule has 0 bridgehead atoms. The van der Waals surface area contributed by atoms with Crippen molar-refractivity contribution in [3.63, 3.8) is 0 Å². The molecule has 33 heavy (non-hydrogen) atoms. The molecule has 7 heteroatoms. The van der Waals surface area contributed by atoms with E-state index in [-0.39, 0.29) is 5.92 Å². The van der Waals surface area contributed by atoms with Crippen molar-refractivity contribution in [2.24, 2.45) is 13.0 Å².